The van der Waals surface area contributed by atoms with E-state index in [-0.39, 0.29) is 18.6 Å². The molecule has 0 spiro atoms. The number of aromatic nitrogens is 1. The quantitative estimate of drug-likeness (QED) is 0.525. The van der Waals surface area contributed by atoms with E-state index in [1.165, 1.54) is 0 Å². The average Bonchev–Trinajstić information content (AvgIpc) is 3.22. The average molecular weight is 461 g/mol. The van der Waals surface area contributed by atoms with Gasteiger partial charge in [0.15, 0.2) is 18.1 Å². The summed E-state index contributed by atoms with van der Waals surface area (Å²) in [5.41, 5.74) is 4.80. The van der Waals surface area contributed by atoms with Crippen molar-refractivity contribution in [1.82, 2.24) is 10.3 Å². The Morgan fingerprint density at radius 1 is 1.06 bits per heavy atom. The number of para-hydroxylation sites is 1. The second-order valence-electron chi connectivity index (χ2n) is 8.41. The van der Waals surface area contributed by atoms with Gasteiger partial charge in [0.2, 0.25) is 0 Å². The Balaban J connectivity index is 1.72. The molecular weight excluding hydrogens is 432 g/mol. The number of nitrogens with zero attached hydrogens (tertiary/aromatic N) is 1. The molecule has 0 saturated carbocycles. The zero-order valence-electron chi connectivity index (χ0n) is 19.8. The second kappa shape index (κ2) is 9.95. The minimum absolute atomic E-state index is 0.0264. The maximum Gasteiger partial charge on any atom is 0.339 e. The van der Waals surface area contributed by atoms with Gasteiger partial charge in [-0.25, -0.2) is 9.78 Å². The molecule has 176 valence electrons. The maximum atomic E-state index is 13.1. The van der Waals surface area contributed by atoms with Crippen molar-refractivity contribution >= 4 is 34.4 Å². The summed E-state index contributed by atoms with van der Waals surface area (Å²) in [7, 11) is 3.21. The molecule has 0 bridgehead atoms. The molecule has 1 aliphatic rings. The van der Waals surface area contributed by atoms with Crippen molar-refractivity contribution in [3.63, 3.8) is 0 Å². The Labute approximate surface area is 198 Å². The summed E-state index contributed by atoms with van der Waals surface area (Å²) >= 11 is 0. The molecule has 1 N–H and O–H groups in total. The predicted molar refractivity (Wildman–Crippen MR) is 131 cm³/mol. The fraction of sp³-hybridized carbons (Fsp3) is 0.296. The number of benzene rings is 2. The van der Waals surface area contributed by atoms with E-state index < -0.39 is 5.97 Å². The minimum Gasteiger partial charge on any atom is -0.493 e. The van der Waals surface area contributed by atoms with Gasteiger partial charge in [0.25, 0.3) is 5.91 Å². The predicted octanol–water partition coefficient (Wildman–Crippen LogP) is 4.42. The van der Waals surface area contributed by atoms with E-state index in [0.717, 1.165) is 34.2 Å². The third kappa shape index (κ3) is 4.73. The molecular formula is C27H28N2O5. The fourth-order valence-corrected chi connectivity index (χ4v) is 4.22. The number of ether oxygens (including phenoxy) is 3. The number of rotatable bonds is 7. The molecule has 4 rings (SSSR count). The molecule has 7 nitrogen and oxygen atoms in total. The molecule has 7 heteroatoms. The molecule has 1 heterocycles. The lowest BCUT2D eigenvalue weighted by Gasteiger charge is -2.13. The van der Waals surface area contributed by atoms with Gasteiger partial charge in [0.1, 0.15) is 0 Å². The van der Waals surface area contributed by atoms with E-state index in [9.17, 15) is 9.59 Å². The van der Waals surface area contributed by atoms with Crippen LogP contribution >= 0.6 is 0 Å². The van der Waals surface area contributed by atoms with E-state index >= 15 is 0 Å². The number of hydrogen-bond donors (Lipinski definition) is 1. The van der Waals surface area contributed by atoms with Crippen LogP contribution < -0.4 is 14.8 Å². The summed E-state index contributed by atoms with van der Waals surface area (Å²) in [5, 5.41) is 3.46. The van der Waals surface area contributed by atoms with Crippen LogP contribution in [0, 0.1) is 0 Å². The first-order chi connectivity index (χ1) is 16.4. The van der Waals surface area contributed by atoms with Crippen LogP contribution in [0.15, 0.2) is 42.5 Å². The number of hydrogen-bond acceptors (Lipinski definition) is 6. The third-order valence-electron chi connectivity index (χ3n) is 5.68. The first-order valence-corrected chi connectivity index (χ1v) is 11.2. The van der Waals surface area contributed by atoms with Crippen LogP contribution in [0.1, 0.15) is 47.4 Å². The summed E-state index contributed by atoms with van der Waals surface area (Å²) in [5.74, 6) is 0.464. The number of amides is 1. The first-order valence-electron chi connectivity index (χ1n) is 11.2. The van der Waals surface area contributed by atoms with E-state index in [1.807, 2.05) is 56.3 Å². The third-order valence-corrected chi connectivity index (χ3v) is 5.68. The van der Waals surface area contributed by atoms with Gasteiger partial charge in [0.05, 0.1) is 31.0 Å². The molecule has 0 aliphatic heterocycles. The molecule has 0 radical (unpaired) electrons. The Morgan fingerprint density at radius 2 is 1.82 bits per heavy atom. The second-order valence-corrected chi connectivity index (χ2v) is 8.41. The summed E-state index contributed by atoms with van der Waals surface area (Å²) < 4.78 is 16.2. The zero-order chi connectivity index (χ0) is 24.2. The molecule has 1 aromatic heterocycles. The highest BCUT2D eigenvalue weighted by Gasteiger charge is 2.28. The lowest BCUT2D eigenvalue weighted by atomic mass is 10.0. The maximum absolute atomic E-state index is 13.1. The topological polar surface area (TPSA) is 86.8 Å². The van der Waals surface area contributed by atoms with Gasteiger partial charge >= 0.3 is 5.97 Å². The van der Waals surface area contributed by atoms with Gasteiger partial charge < -0.3 is 19.5 Å². The highest BCUT2D eigenvalue weighted by molar-refractivity contribution is 6.07. The van der Waals surface area contributed by atoms with Gasteiger partial charge in [-0.15, -0.1) is 0 Å². The molecule has 0 saturated heterocycles. The number of carbonyl (C=O) groups is 2. The zero-order valence-corrected chi connectivity index (χ0v) is 19.8. The molecule has 1 amide bonds. The number of allylic oxidation sites excluding steroid dienone is 1. The molecule has 0 fully saturated rings. The van der Waals surface area contributed by atoms with Gasteiger partial charge in [-0.2, -0.15) is 0 Å². The van der Waals surface area contributed by atoms with Crippen LogP contribution in [0.3, 0.4) is 0 Å². The molecule has 1 aliphatic carbocycles. The normalized spacial score (nSPS) is 13.7. The van der Waals surface area contributed by atoms with Crippen molar-refractivity contribution in [2.24, 2.45) is 0 Å². The van der Waals surface area contributed by atoms with Crippen molar-refractivity contribution in [2.45, 2.75) is 32.7 Å². The highest BCUT2D eigenvalue weighted by atomic mass is 16.5. The van der Waals surface area contributed by atoms with Crippen molar-refractivity contribution in [1.29, 1.82) is 0 Å². The van der Waals surface area contributed by atoms with Crippen LogP contribution in [0.4, 0.5) is 0 Å². The number of fused-ring (bicyclic) bond motifs is 2. The number of esters is 1. The summed E-state index contributed by atoms with van der Waals surface area (Å²) in [6, 6.07) is 13.2. The van der Waals surface area contributed by atoms with E-state index in [0.29, 0.717) is 29.0 Å². The van der Waals surface area contributed by atoms with Crippen LogP contribution in [-0.2, 0) is 16.0 Å². The minimum atomic E-state index is -0.513. The molecule has 0 atom stereocenters. The van der Waals surface area contributed by atoms with Crippen LogP contribution in [0.5, 0.6) is 11.5 Å². The molecule has 2 aromatic carbocycles. The van der Waals surface area contributed by atoms with Gasteiger partial charge in [0, 0.05) is 11.4 Å². The summed E-state index contributed by atoms with van der Waals surface area (Å²) in [6.07, 6.45) is 3.46. The standard InChI is InChI=1S/C27H28N2O5/c1-16(2)28-24(30)15-34-27(31)25-19-7-5-6-8-21(19)29-26-18(10-11-20(25)26)13-17-9-12-22(32-3)23(14-17)33-4/h5-9,12-14,16H,10-11,15H2,1-4H3,(H,28,30)/b18-13+. The fourth-order valence-electron chi connectivity index (χ4n) is 4.22. The van der Waals surface area contributed by atoms with E-state index in [2.05, 4.69) is 11.4 Å². The van der Waals surface area contributed by atoms with E-state index in [1.54, 1.807) is 14.2 Å². The van der Waals surface area contributed by atoms with Crippen molar-refractivity contribution in [3.05, 3.63) is 64.8 Å². The smallest absolute Gasteiger partial charge is 0.339 e. The molecule has 3 aromatic rings. The lowest BCUT2D eigenvalue weighted by Crippen LogP contribution is -2.34. The highest BCUT2D eigenvalue weighted by Crippen LogP contribution is 2.38. The Bertz CT molecular complexity index is 1280. The van der Waals surface area contributed by atoms with Crippen LogP contribution in [0.2, 0.25) is 0 Å². The monoisotopic (exact) mass is 460 g/mol. The van der Waals surface area contributed by atoms with Crippen molar-refractivity contribution < 1.29 is 23.8 Å². The SMILES string of the molecule is COc1ccc(/C=C2\CCc3c2nc2ccccc2c3C(=O)OCC(=O)NC(C)C)cc1OC. The number of methoxy groups -OCH3 is 2. The molecule has 0 unspecified atom stereocenters. The summed E-state index contributed by atoms with van der Waals surface area (Å²) in [6.45, 7) is 3.39. The number of nitrogens with one attached hydrogen (secondary N) is 1. The Hall–Kier alpha value is -3.87. The van der Waals surface area contributed by atoms with Gasteiger partial charge in [-0.05, 0) is 67.7 Å². The van der Waals surface area contributed by atoms with Crippen LogP contribution in [-0.4, -0.2) is 43.7 Å². The largest absolute Gasteiger partial charge is 0.493 e. The Morgan fingerprint density at radius 3 is 2.56 bits per heavy atom. The summed E-state index contributed by atoms with van der Waals surface area (Å²) in [4.78, 5) is 30.0. The van der Waals surface area contributed by atoms with Gasteiger partial charge in [-0.3, -0.25) is 4.79 Å². The first kappa shape index (κ1) is 23.3. The van der Waals surface area contributed by atoms with E-state index in [4.69, 9.17) is 19.2 Å². The molecule has 34 heavy (non-hydrogen) atoms. The Kier molecular flexibility index (Phi) is 6.82. The van der Waals surface area contributed by atoms with Crippen LogP contribution in [0.25, 0.3) is 22.6 Å². The lowest BCUT2D eigenvalue weighted by molar-refractivity contribution is -0.124. The van der Waals surface area contributed by atoms with Gasteiger partial charge in [-0.1, -0.05) is 24.3 Å². The number of pyridine rings is 1. The number of carbonyl (C=O) groups excluding carboxylic acids is 2. The van der Waals surface area contributed by atoms with Crippen molar-refractivity contribution in [2.75, 3.05) is 20.8 Å². The van der Waals surface area contributed by atoms with Crippen molar-refractivity contribution in [3.8, 4) is 11.5 Å².